The van der Waals surface area contributed by atoms with Gasteiger partial charge in [0.25, 0.3) is 11.5 Å². The van der Waals surface area contributed by atoms with Crippen LogP contribution in [-0.2, 0) is 6.42 Å². The molecule has 2 heterocycles. The van der Waals surface area contributed by atoms with Gasteiger partial charge in [-0.15, -0.1) is 0 Å². The molecule has 1 amide bonds. The van der Waals surface area contributed by atoms with E-state index in [-0.39, 0.29) is 17.2 Å². The fourth-order valence-corrected chi connectivity index (χ4v) is 3.43. The number of H-pyrrole nitrogens is 1. The zero-order valence-corrected chi connectivity index (χ0v) is 16.3. The number of aromatic nitrogens is 4. The number of hydrogen-bond acceptors (Lipinski definition) is 4. The predicted octanol–water partition coefficient (Wildman–Crippen LogP) is 3.62. The molecule has 0 radical (unpaired) electrons. The second kappa shape index (κ2) is 7.71. The van der Waals surface area contributed by atoms with Gasteiger partial charge in [0.2, 0.25) is 0 Å². The molecule has 0 aliphatic heterocycles. The highest BCUT2D eigenvalue weighted by Crippen LogP contribution is 2.24. The van der Waals surface area contributed by atoms with E-state index in [0.29, 0.717) is 16.5 Å². The zero-order chi connectivity index (χ0) is 20.4. The van der Waals surface area contributed by atoms with Gasteiger partial charge in [0.05, 0.1) is 28.7 Å². The molecule has 0 fully saturated rings. The Hall–Kier alpha value is -3.74. The van der Waals surface area contributed by atoms with Crippen LogP contribution in [0.4, 0.5) is 5.69 Å². The smallest absolute Gasteiger partial charge is 0.276 e. The van der Waals surface area contributed by atoms with Gasteiger partial charge in [0, 0.05) is 5.39 Å². The minimum atomic E-state index is -0.390. The van der Waals surface area contributed by atoms with Crippen molar-refractivity contribution in [2.45, 2.75) is 26.7 Å². The maximum atomic E-state index is 13.0. The first-order chi connectivity index (χ1) is 14.1. The van der Waals surface area contributed by atoms with Crippen LogP contribution in [0.15, 0.2) is 59.5 Å². The number of carbonyl (C=O) groups is 1. The lowest BCUT2D eigenvalue weighted by Gasteiger charge is -2.12. The molecule has 2 aromatic heterocycles. The van der Waals surface area contributed by atoms with Crippen molar-refractivity contribution in [1.82, 2.24) is 20.0 Å². The summed E-state index contributed by atoms with van der Waals surface area (Å²) < 4.78 is 1.87. The highest BCUT2D eigenvalue weighted by molar-refractivity contribution is 6.11. The number of carbonyl (C=O) groups excluding carboxylic acids is 1. The number of hydrogen-bond donors (Lipinski definition) is 2. The number of amides is 1. The number of benzene rings is 2. The van der Waals surface area contributed by atoms with Crippen LogP contribution in [0.2, 0.25) is 0 Å². The van der Waals surface area contributed by atoms with Crippen LogP contribution >= 0.6 is 0 Å². The van der Waals surface area contributed by atoms with Crippen molar-refractivity contribution in [2.75, 3.05) is 5.32 Å². The van der Waals surface area contributed by atoms with E-state index in [4.69, 9.17) is 0 Å². The Morgan fingerprint density at radius 3 is 2.59 bits per heavy atom. The van der Waals surface area contributed by atoms with Gasteiger partial charge in [-0.2, -0.15) is 10.2 Å². The van der Waals surface area contributed by atoms with Gasteiger partial charge in [-0.1, -0.05) is 49.7 Å². The quantitative estimate of drug-likeness (QED) is 0.547. The van der Waals surface area contributed by atoms with Gasteiger partial charge >= 0.3 is 0 Å². The lowest BCUT2D eigenvalue weighted by atomic mass is 10.1. The fourth-order valence-electron chi connectivity index (χ4n) is 3.43. The third-order valence-electron chi connectivity index (χ3n) is 4.86. The van der Waals surface area contributed by atoms with Crippen molar-refractivity contribution in [3.63, 3.8) is 0 Å². The summed E-state index contributed by atoms with van der Waals surface area (Å²) in [5, 5.41) is 14.8. The molecule has 0 aliphatic rings. The van der Waals surface area contributed by atoms with Gasteiger partial charge in [0.1, 0.15) is 0 Å². The maximum Gasteiger partial charge on any atom is 0.276 e. The molecule has 7 heteroatoms. The molecule has 0 bridgehead atoms. The van der Waals surface area contributed by atoms with Crippen LogP contribution in [0.3, 0.4) is 0 Å². The number of anilines is 1. The molecular weight excluding hydrogens is 366 g/mol. The Labute approximate surface area is 167 Å². The minimum absolute atomic E-state index is 0.172. The van der Waals surface area contributed by atoms with E-state index in [1.165, 1.54) is 0 Å². The Kier molecular flexibility index (Phi) is 4.95. The van der Waals surface area contributed by atoms with E-state index in [1.807, 2.05) is 35.9 Å². The highest BCUT2D eigenvalue weighted by atomic mass is 16.2. The number of rotatable bonds is 5. The topological polar surface area (TPSA) is 92.7 Å². The summed E-state index contributed by atoms with van der Waals surface area (Å²) >= 11 is 0. The van der Waals surface area contributed by atoms with Gasteiger partial charge in [-0.05, 0) is 31.0 Å². The SMILES string of the molecule is CCCc1c(NC(=O)c2n[nH]c(=O)c3ccccc23)cnn1-c1ccccc1C. The van der Waals surface area contributed by atoms with E-state index in [9.17, 15) is 9.59 Å². The summed E-state index contributed by atoms with van der Waals surface area (Å²) in [4.78, 5) is 25.0. The molecule has 0 saturated heterocycles. The molecule has 2 N–H and O–H groups in total. The monoisotopic (exact) mass is 387 g/mol. The summed E-state index contributed by atoms with van der Waals surface area (Å²) in [6, 6.07) is 14.9. The Bertz CT molecular complexity index is 1260. The summed E-state index contributed by atoms with van der Waals surface area (Å²) in [6.07, 6.45) is 3.31. The molecule has 29 heavy (non-hydrogen) atoms. The van der Waals surface area contributed by atoms with Crippen molar-refractivity contribution in [2.24, 2.45) is 0 Å². The number of aryl methyl sites for hydroxylation is 1. The average Bonchev–Trinajstić information content (AvgIpc) is 3.11. The Balaban J connectivity index is 1.74. The zero-order valence-electron chi connectivity index (χ0n) is 16.3. The lowest BCUT2D eigenvalue weighted by Crippen LogP contribution is -2.20. The first-order valence-electron chi connectivity index (χ1n) is 9.51. The second-order valence-electron chi connectivity index (χ2n) is 6.85. The number of nitrogens with one attached hydrogen (secondary N) is 2. The minimum Gasteiger partial charge on any atom is -0.318 e. The van der Waals surface area contributed by atoms with E-state index >= 15 is 0 Å². The van der Waals surface area contributed by atoms with E-state index < -0.39 is 0 Å². The summed E-state index contributed by atoms with van der Waals surface area (Å²) in [5.74, 6) is -0.390. The summed E-state index contributed by atoms with van der Waals surface area (Å²) in [5.41, 5.74) is 3.48. The van der Waals surface area contributed by atoms with Crippen LogP contribution in [0.25, 0.3) is 16.5 Å². The van der Waals surface area contributed by atoms with Crippen LogP contribution in [0.1, 0.15) is 35.1 Å². The van der Waals surface area contributed by atoms with Crippen molar-refractivity contribution in [3.05, 3.63) is 82.0 Å². The predicted molar refractivity (Wildman–Crippen MR) is 113 cm³/mol. The first kappa shape index (κ1) is 18.6. The molecule has 0 spiro atoms. The van der Waals surface area contributed by atoms with Crippen LogP contribution in [0.5, 0.6) is 0 Å². The van der Waals surface area contributed by atoms with Crippen LogP contribution in [0, 0.1) is 6.92 Å². The molecule has 146 valence electrons. The second-order valence-corrected chi connectivity index (χ2v) is 6.85. The van der Waals surface area contributed by atoms with Crippen molar-refractivity contribution >= 4 is 22.4 Å². The van der Waals surface area contributed by atoms with Gasteiger partial charge in [0.15, 0.2) is 5.69 Å². The van der Waals surface area contributed by atoms with E-state index in [0.717, 1.165) is 29.8 Å². The van der Waals surface area contributed by atoms with Crippen molar-refractivity contribution < 1.29 is 4.79 Å². The molecular formula is C22H21N5O2. The Morgan fingerprint density at radius 2 is 1.83 bits per heavy atom. The summed E-state index contributed by atoms with van der Waals surface area (Å²) in [7, 11) is 0. The Morgan fingerprint density at radius 1 is 1.10 bits per heavy atom. The van der Waals surface area contributed by atoms with Crippen molar-refractivity contribution in [1.29, 1.82) is 0 Å². The molecule has 0 aliphatic carbocycles. The largest absolute Gasteiger partial charge is 0.318 e. The maximum absolute atomic E-state index is 13.0. The molecule has 0 unspecified atom stereocenters. The third-order valence-corrected chi connectivity index (χ3v) is 4.86. The first-order valence-corrected chi connectivity index (χ1v) is 9.51. The van der Waals surface area contributed by atoms with E-state index in [1.54, 1.807) is 30.5 Å². The molecule has 4 rings (SSSR count). The third kappa shape index (κ3) is 3.42. The average molecular weight is 387 g/mol. The van der Waals surface area contributed by atoms with E-state index in [2.05, 4.69) is 27.5 Å². The molecule has 4 aromatic rings. The fraction of sp³-hybridized carbons (Fsp3) is 0.182. The molecule has 0 saturated carbocycles. The standard InChI is InChI=1S/C22H21N5O2/c1-3-8-19-17(13-23-27(19)18-12-7-4-9-14(18)2)24-22(29)20-15-10-5-6-11-16(15)21(28)26-25-20/h4-7,9-13H,3,8H2,1-2H3,(H,24,29)(H,26,28). The number of fused-ring (bicyclic) bond motifs is 1. The summed E-state index contributed by atoms with van der Waals surface area (Å²) in [6.45, 7) is 4.11. The van der Waals surface area contributed by atoms with Crippen LogP contribution in [-0.4, -0.2) is 25.9 Å². The van der Waals surface area contributed by atoms with Crippen LogP contribution < -0.4 is 10.9 Å². The van der Waals surface area contributed by atoms with Gasteiger partial charge < -0.3 is 5.32 Å². The van der Waals surface area contributed by atoms with Crippen molar-refractivity contribution in [3.8, 4) is 5.69 Å². The molecule has 2 aromatic carbocycles. The molecule has 0 atom stereocenters. The lowest BCUT2D eigenvalue weighted by molar-refractivity contribution is 0.102. The normalized spacial score (nSPS) is 11.0. The number of aromatic amines is 1. The number of para-hydroxylation sites is 1. The van der Waals surface area contributed by atoms with Gasteiger partial charge in [-0.25, -0.2) is 9.78 Å². The number of nitrogens with zero attached hydrogens (tertiary/aromatic N) is 3. The highest BCUT2D eigenvalue weighted by Gasteiger charge is 2.19. The molecule has 7 nitrogen and oxygen atoms in total. The van der Waals surface area contributed by atoms with Gasteiger partial charge in [-0.3, -0.25) is 9.59 Å².